The van der Waals surface area contributed by atoms with Gasteiger partial charge >= 0.3 is 0 Å². The molecule has 0 radical (unpaired) electrons. The number of nitrogens with zero attached hydrogens (tertiary/aromatic N) is 2. The van der Waals surface area contributed by atoms with E-state index in [9.17, 15) is 14.4 Å². The Kier molecular flexibility index (Phi) is 5.85. The van der Waals surface area contributed by atoms with Gasteiger partial charge in [0.2, 0.25) is 17.7 Å². The third-order valence-electron chi connectivity index (χ3n) is 7.04. The average Bonchev–Trinajstić information content (AvgIpc) is 3.45. The van der Waals surface area contributed by atoms with Gasteiger partial charge in [0.25, 0.3) is 0 Å². The molecule has 5 rings (SSSR count). The highest BCUT2D eigenvalue weighted by atomic mass is 16.2. The van der Waals surface area contributed by atoms with Gasteiger partial charge in [0, 0.05) is 30.9 Å². The van der Waals surface area contributed by atoms with Crippen molar-refractivity contribution in [1.29, 1.82) is 0 Å². The Morgan fingerprint density at radius 2 is 1.91 bits per heavy atom. The first-order valence-electron chi connectivity index (χ1n) is 11.7. The summed E-state index contributed by atoms with van der Waals surface area (Å²) in [7, 11) is 0. The summed E-state index contributed by atoms with van der Waals surface area (Å²) in [5, 5.41) is 9.21. The zero-order chi connectivity index (χ0) is 22.8. The molecule has 0 bridgehead atoms. The van der Waals surface area contributed by atoms with Crippen LogP contribution in [0.1, 0.15) is 36.8 Å². The van der Waals surface area contributed by atoms with Crippen LogP contribution in [0.15, 0.2) is 42.6 Å². The van der Waals surface area contributed by atoms with E-state index < -0.39 is 5.54 Å². The minimum Gasteiger partial charge on any atom is -0.330 e. The fraction of sp³-hybridized carbons (Fsp3) is 0.440. The van der Waals surface area contributed by atoms with E-state index >= 15 is 0 Å². The van der Waals surface area contributed by atoms with Crippen LogP contribution >= 0.6 is 0 Å². The molecule has 2 aliphatic carbocycles. The smallest absolute Gasteiger partial charge is 0.243 e. The number of anilines is 2. The Labute approximate surface area is 193 Å². The van der Waals surface area contributed by atoms with Gasteiger partial charge in [0.1, 0.15) is 5.82 Å². The van der Waals surface area contributed by atoms with E-state index in [1.807, 2.05) is 30.3 Å². The van der Waals surface area contributed by atoms with Crippen molar-refractivity contribution in [2.45, 2.75) is 44.1 Å². The van der Waals surface area contributed by atoms with Crippen molar-refractivity contribution in [2.24, 2.45) is 5.92 Å². The monoisotopic (exact) mass is 447 g/mol. The lowest BCUT2D eigenvalue weighted by Crippen LogP contribution is -2.63. The molecule has 3 amide bonds. The molecule has 8 nitrogen and oxygen atoms in total. The molecule has 3 aliphatic rings. The second-order valence-electron chi connectivity index (χ2n) is 9.28. The zero-order valence-electron chi connectivity index (χ0n) is 18.6. The van der Waals surface area contributed by atoms with E-state index in [1.54, 1.807) is 17.2 Å². The molecule has 3 N–H and O–H groups in total. The van der Waals surface area contributed by atoms with Gasteiger partial charge in [-0.2, -0.15) is 0 Å². The van der Waals surface area contributed by atoms with E-state index in [0.29, 0.717) is 30.9 Å². The molecule has 1 atom stereocenters. The number of carbonyl (C=O) groups is 3. The van der Waals surface area contributed by atoms with Crippen LogP contribution in [0.2, 0.25) is 0 Å². The molecular weight excluding hydrogens is 418 g/mol. The maximum Gasteiger partial charge on any atom is 0.243 e. The Morgan fingerprint density at radius 1 is 1.09 bits per heavy atom. The van der Waals surface area contributed by atoms with Gasteiger partial charge in [-0.05, 0) is 61.1 Å². The fourth-order valence-corrected chi connectivity index (χ4v) is 5.35. The van der Waals surface area contributed by atoms with E-state index in [-0.39, 0.29) is 30.2 Å². The third-order valence-corrected chi connectivity index (χ3v) is 7.04. The van der Waals surface area contributed by atoms with Gasteiger partial charge in [0.15, 0.2) is 0 Å². The molecule has 1 spiro atoms. The molecule has 33 heavy (non-hydrogen) atoms. The Morgan fingerprint density at radius 3 is 2.70 bits per heavy atom. The largest absolute Gasteiger partial charge is 0.330 e. The van der Waals surface area contributed by atoms with Crippen LogP contribution in [0.25, 0.3) is 0 Å². The number of pyridine rings is 1. The summed E-state index contributed by atoms with van der Waals surface area (Å²) in [6.07, 6.45) is 6.74. The number of nitrogens with one attached hydrogen (secondary N) is 3. The van der Waals surface area contributed by atoms with Crippen LogP contribution in [0.5, 0.6) is 0 Å². The predicted octanol–water partition coefficient (Wildman–Crippen LogP) is 2.12. The van der Waals surface area contributed by atoms with Gasteiger partial charge < -0.3 is 20.9 Å². The summed E-state index contributed by atoms with van der Waals surface area (Å²) >= 11 is 0. The standard InChI is InChI=1S/C25H29N5O3/c31-22(16-30-12-11-27-25(24(30)33)8-2-3-9-25)28-20-7-6-17-13-19(14-18(17)15-20)23(32)29-21-5-1-4-10-26-21/h1,4-7,10,15,19,27H,2-3,8-9,11-14,16H2,(H,28,31)(H,26,29,32). The second kappa shape index (κ2) is 8.94. The Hall–Kier alpha value is -3.26. The lowest BCUT2D eigenvalue weighted by Gasteiger charge is -2.40. The van der Waals surface area contributed by atoms with Crippen molar-refractivity contribution in [3.63, 3.8) is 0 Å². The van der Waals surface area contributed by atoms with Gasteiger partial charge in [-0.15, -0.1) is 0 Å². The number of hydrogen-bond donors (Lipinski definition) is 3. The number of amides is 3. The van der Waals surface area contributed by atoms with E-state index in [1.165, 1.54) is 0 Å². The maximum atomic E-state index is 13.0. The first kappa shape index (κ1) is 21.6. The number of fused-ring (bicyclic) bond motifs is 1. The molecule has 2 fully saturated rings. The van der Waals surface area contributed by atoms with Crippen molar-refractivity contribution in [3.8, 4) is 0 Å². The predicted molar refractivity (Wildman–Crippen MR) is 125 cm³/mol. The van der Waals surface area contributed by atoms with E-state index in [0.717, 1.165) is 43.4 Å². The van der Waals surface area contributed by atoms with Gasteiger partial charge in [-0.3, -0.25) is 14.4 Å². The van der Waals surface area contributed by atoms with Crippen LogP contribution in [-0.2, 0) is 27.2 Å². The average molecular weight is 448 g/mol. The van der Waals surface area contributed by atoms with Crippen molar-refractivity contribution in [3.05, 3.63) is 53.7 Å². The van der Waals surface area contributed by atoms with Crippen LogP contribution in [0.3, 0.4) is 0 Å². The minimum atomic E-state index is -0.461. The molecule has 1 aliphatic heterocycles. The van der Waals surface area contributed by atoms with Crippen molar-refractivity contribution in [1.82, 2.24) is 15.2 Å². The molecule has 1 saturated heterocycles. The first-order chi connectivity index (χ1) is 16.0. The summed E-state index contributed by atoms with van der Waals surface area (Å²) in [6.45, 7) is 1.33. The van der Waals surface area contributed by atoms with Crippen LogP contribution < -0.4 is 16.0 Å². The summed E-state index contributed by atoms with van der Waals surface area (Å²) in [6, 6.07) is 11.2. The summed E-state index contributed by atoms with van der Waals surface area (Å²) in [5.74, 6) is 0.203. The number of benzene rings is 1. The molecule has 2 aromatic rings. The maximum absolute atomic E-state index is 13.0. The highest BCUT2D eigenvalue weighted by molar-refractivity contribution is 5.97. The molecule has 2 heterocycles. The molecule has 1 aromatic heterocycles. The lowest BCUT2D eigenvalue weighted by atomic mass is 9.93. The van der Waals surface area contributed by atoms with Crippen molar-refractivity contribution < 1.29 is 14.4 Å². The summed E-state index contributed by atoms with van der Waals surface area (Å²) in [5.41, 5.74) is 2.42. The number of carbonyl (C=O) groups excluding carboxylic acids is 3. The molecule has 1 aromatic carbocycles. The molecule has 172 valence electrons. The van der Waals surface area contributed by atoms with Gasteiger partial charge in [-0.1, -0.05) is 25.0 Å². The topological polar surface area (TPSA) is 103 Å². The highest BCUT2D eigenvalue weighted by Gasteiger charge is 2.45. The Bertz CT molecular complexity index is 1060. The molecule has 1 saturated carbocycles. The SMILES string of the molecule is O=C(CN1CCNC2(CCCC2)C1=O)Nc1ccc2c(c1)CC(C(=O)Nc1ccccn1)C2. The number of aromatic nitrogens is 1. The zero-order valence-corrected chi connectivity index (χ0v) is 18.6. The quantitative estimate of drug-likeness (QED) is 0.652. The Balaban J connectivity index is 1.18. The van der Waals surface area contributed by atoms with E-state index in [2.05, 4.69) is 20.9 Å². The van der Waals surface area contributed by atoms with Crippen LogP contribution in [0.4, 0.5) is 11.5 Å². The minimum absolute atomic E-state index is 0.0476. The van der Waals surface area contributed by atoms with Crippen LogP contribution in [0, 0.1) is 5.92 Å². The van der Waals surface area contributed by atoms with Gasteiger partial charge in [-0.25, -0.2) is 4.98 Å². The van der Waals surface area contributed by atoms with Crippen molar-refractivity contribution in [2.75, 3.05) is 30.3 Å². The summed E-state index contributed by atoms with van der Waals surface area (Å²) < 4.78 is 0. The van der Waals surface area contributed by atoms with Crippen molar-refractivity contribution >= 4 is 29.2 Å². The molecule has 8 heteroatoms. The summed E-state index contributed by atoms with van der Waals surface area (Å²) in [4.78, 5) is 44.1. The molecule has 1 unspecified atom stereocenters. The van der Waals surface area contributed by atoms with Crippen LogP contribution in [-0.4, -0.2) is 52.8 Å². The fourth-order valence-electron chi connectivity index (χ4n) is 5.35. The number of piperazine rings is 1. The number of hydrogen-bond acceptors (Lipinski definition) is 5. The second-order valence-corrected chi connectivity index (χ2v) is 9.28. The highest BCUT2D eigenvalue weighted by Crippen LogP contribution is 2.33. The normalized spacial score (nSPS) is 21.2. The third kappa shape index (κ3) is 4.48. The number of rotatable bonds is 5. The van der Waals surface area contributed by atoms with Gasteiger partial charge in [0.05, 0.1) is 12.1 Å². The van der Waals surface area contributed by atoms with E-state index in [4.69, 9.17) is 0 Å². The first-order valence-corrected chi connectivity index (χ1v) is 11.7. The lowest BCUT2D eigenvalue weighted by molar-refractivity contribution is -0.143. The molecular formula is C25H29N5O3.